The maximum Gasteiger partial charge on any atom is 0.303 e. The smallest absolute Gasteiger partial charge is 0.303 e. The molecule has 0 unspecified atom stereocenters. The van der Waals surface area contributed by atoms with Crippen molar-refractivity contribution in [3.05, 3.63) is 48.3 Å². The minimum atomic E-state index is -0.991. The summed E-state index contributed by atoms with van der Waals surface area (Å²) in [5.74, 6) is 0.0370. The molecule has 0 spiro atoms. The van der Waals surface area contributed by atoms with E-state index in [-0.39, 0.29) is 31.8 Å². The highest BCUT2D eigenvalue weighted by molar-refractivity contribution is 5.80. The molecule has 2 aromatic rings. The summed E-state index contributed by atoms with van der Waals surface area (Å²) >= 11 is 0. The average molecular weight is 277 g/mol. The maximum atomic E-state index is 12.1. The van der Waals surface area contributed by atoms with Crippen LogP contribution in [0.2, 0.25) is 0 Å². The second-order valence-electron chi connectivity index (χ2n) is 4.30. The van der Waals surface area contributed by atoms with Gasteiger partial charge in [0.05, 0.1) is 32.0 Å². The van der Waals surface area contributed by atoms with E-state index in [1.54, 1.807) is 24.3 Å². The summed E-state index contributed by atoms with van der Waals surface area (Å²) in [5.41, 5.74) is 0. The van der Waals surface area contributed by atoms with Gasteiger partial charge in [-0.1, -0.05) is 0 Å². The lowest BCUT2D eigenvalue weighted by Crippen LogP contribution is -2.30. The number of carbonyl (C=O) groups is 2. The van der Waals surface area contributed by atoms with Crippen LogP contribution >= 0.6 is 0 Å². The predicted octanol–water partition coefficient (Wildman–Crippen LogP) is 2.27. The summed E-state index contributed by atoms with van der Waals surface area (Å²) in [6.45, 7) is 0.568. The van der Waals surface area contributed by atoms with Crippen molar-refractivity contribution in [1.29, 1.82) is 0 Å². The van der Waals surface area contributed by atoms with Gasteiger partial charge in [-0.3, -0.25) is 9.59 Å². The van der Waals surface area contributed by atoms with Gasteiger partial charge in [-0.15, -0.1) is 0 Å². The first-order valence-electron chi connectivity index (χ1n) is 6.19. The molecule has 20 heavy (non-hydrogen) atoms. The Balaban J connectivity index is 2.02. The number of hydrogen-bond donors (Lipinski definition) is 1. The number of carbonyl (C=O) groups excluding carboxylic acids is 1. The zero-order chi connectivity index (χ0) is 14.4. The predicted molar refractivity (Wildman–Crippen MR) is 68.5 cm³/mol. The molecule has 1 N–H and O–H groups in total. The van der Waals surface area contributed by atoms with E-state index in [1.807, 2.05) is 0 Å². The molecule has 2 heterocycles. The van der Waals surface area contributed by atoms with Gasteiger partial charge in [0.1, 0.15) is 11.5 Å². The molecular weight excluding hydrogens is 262 g/mol. The highest BCUT2D eigenvalue weighted by Crippen LogP contribution is 2.13. The molecule has 0 aromatic carbocycles. The number of carboxylic acids is 1. The zero-order valence-corrected chi connectivity index (χ0v) is 10.8. The van der Waals surface area contributed by atoms with Crippen LogP contribution < -0.4 is 0 Å². The third-order valence-corrected chi connectivity index (χ3v) is 2.76. The topological polar surface area (TPSA) is 83.9 Å². The number of carboxylic acid groups (broad SMARTS) is 1. The number of rotatable bonds is 7. The van der Waals surface area contributed by atoms with E-state index in [9.17, 15) is 9.59 Å². The molecule has 0 aliphatic carbocycles. The number of furan rings is 2. The van der Waals surface area contributed by atoms with E-state index < -0.39 is 5.97 Å². The average Bonchev–Trinajstić information content (AvgIpc) is 3.08. The van der Waals surface area contributed by atoms with Gasteiger partial charge in [0, 0.05) is 6.42 Å². The summed E-state index contributed by atoms with van der Waals surface area (Å²) < 4.78 is 10.4. The van der Waals surface area contributed by atoms with Crippen LogP contribution in [0.1, 0.15) is 24.4 Å². The van der Waals surface area contributed by atoms with E-state index in [1.165, 1.54) is 17.4 Å². The van der Waals surface area contributed by atoms with Crippen LogP contribution in [0, 0.1) is 0 Å². The van der Waals surface area contributed by atoms with Gasteiger partial charge >= 0.3 is 5.97 Å². The van der Waals surface area contributed by atoms with Gasteiger partial charge < -0.3 is 18.8 Å². The van der Waals surface area contributed by atoms with Crippen molar-refractivity contribution < 1.29 is 23.5 Å². The molecule has 0 bridgehead atoms. The minimum absolute atomic E-state index is 0.0449. The summed E-state index contributed by atoms with van der Waals surface area (Å²) in [5, 5.41) is 8.65. The van der Waals surface area contributed by atoms with Crippen molar-refractivity contribution in [1.82, 2.24) is 4.90 Å². The molecule has 106 valence electrons. The van der Waals surface area contributed by atoms with E-state index in [2.05, 4.69) is 0 Å². The largest absolute Gasteiger partial charge is 0.481 e. The maximum absolute atomic E-state index is 12.1. The van der Waals surface area contributed by atoms with Gasteiger partial charge in [-0.2, -0.15) is 0 Å². The van der Waals surface area contributed by atoms with Crippen molar-refractivity contribution in [2.75, 3.05) is 0 Å². The van der Waals surface area contributed by atoms with Crippen LogP contribution in [0.15, 0.2) is 45.6 Å². The number of nitrogens with zero attached hydrogens (tertiary/aromatic N) is 1. The standard InChI is InChI=1S/C14H15NO5/c16-13(5-6-14(17)18)15(9-11-3-1-7-19-11)10-12-4-2-8-20-12/h1-4,7-8H,5-6,9-10H2,(H,17,18). The number of hydrogen-bond acceptors (Lipinski definition) is 4. The summed E-state index contributed by atoms with van der Waals surface area (Å²) in [7, 11) is 0. The fourth-order valence-corrected chi connectivity index (χ4v) is 1.79. The Hall–Kier alpha value is -2.50. The Morgan fingerprint density at radius 3 is 1.95 bits per heavy atom. The fraction of sp³-hybridized carbons (Fsp3) is 0.286. The number of aliphatic carboxylic acids is 1. The minimum Gasteiger partial charge on any atom is -0.481 e. The summed E-state index contributed by atoms with van der Waals surface area (Å²) in [4.78, 5) is 24.1. The van der Waals surface area contributed by atoms with Crippen LogP contribution in [-0.2, 0) is 22.7 Å². The molecule has 1 amide bonds. The zero-order valence-electron chi connectivity index (χ0n) is 10.8. The Morgan fingerprint density at radius 1 is 1.00 bits per heavy atom. The lowest BCUT2D eigenvalue weighted by atomic mass is 10.2. The molecule has 0 aliphatic rings. The van der Waals surface area contributed by atoms with Crippen molar-refractivity contribution in [3.8, 4) is 0 Å². The summed E-state index contributed by atoms with van der Waals surface area (Å²) in [6.07, 6.45) is 2.83. The Bertz CT molecular complexity index is 508. The van der Waals surface area contributed by atoms with Crippen molar-refractivity contribution in [3.63, 3.8) is 0 Å². The molecule has 0 atom stereocenters. The third-order valence-electron chi connectivity index (χ3n) is 2.76. The highest BCUT2D eigenvalue weighted by atomic mass is 16.4. The second kappa shape index (κ2) is 6.60. The molecule has 6 nitrogen and oxygen atoms in total. The van der Waals surface area contributed by atoms with Gasteiger partial charge in [0.15, 0.2) is 0 Å². The molecule has 6 heteroatoms. The van der Waals surface area contributed by atoms with Crippen LogP contribution in [0.25, 0.3) is 0 Å². The second-order valence-corrected chi connectivity index (χ2v) is 4.30. The quantitative estimate of drug-likeness (QED) is 0.839. The van der Waals surface area contributed by atoms with Gasteiger partial charge in [0.25, 0.3) is 0 Å². The molecular formula is C14H15NO5. The lowest BCUT2D eigenvalue weighted by Gasteiger charge is -2.20. The molecule has 0 aliphatic heterocycles. The first-order valence-corrected chi connectivity index (χ1v) is 6.19. The van der Waals surface area contributed by atoms with Gasteiger partial charge in [0.2, 0.25) is 5.91 Å². The van der Waals surface area contributed by atoms with Crippen molar-refractivity contribution in [2.45, 2.75) is 25.9 Å². The van der Waals surface area contributed by atoms with Crippen LogP contribution in [-0.4, -0.2) is 21.9 Å². The first kappa shape index (κ1) is 13.9. The van der Waals surface area contributed by atoms with Gasteiger partial charge in [-0.25, -0.2) is 0 Å². The molecule has 0 radical (unpaired) electrons. The molecule has 0 saturated heterocycles. The van der Waals surface area contributed by atoms with E-state index in [0.29, 0.717) is 11.5 Å². The lowest BCUT2D eigenvalue weighted by molar-refractivity contribution is -0.141. The molecule has 2 rings (SSSR count). The summed E-state index contributed by atoms with van der Waals surface area (Å²) in [6, 6.07) is 7.00. The molecule has 0 fully saturated rings. The Labute approximate surface area is 115 Å². The van der Waals surface area contributed by atoms with E-state index in [0.717, 1.165) is 0 Å². The van der Waals surface area contributed by atoms with Crippen LogP contribution in [0.5, 0.6) is 0 Å². The van der Waals surface area contributed by atoms with E-state index in [4.69, 9.17) is 13.9 Å². The van der Waals surface area contributed by atoms with Crippen LogP contribution in [0.4, 0.5) is 0 Å². The fourth-order valence-electron chi connectivity index (χ4n) is 1.79. The third kappa shape index (κ3) is 4.01. The van der Waals surface area contributed by atoms with E-state index >= 15 is 0 Å². The normalized spacial score (nSPS) is 10.4. The monoisotopic (exact) mass is 277 g/mol. The Morgan fingerprint density at radius 2 is 1.55 bits per heavy atom. The first-order chi connectivity index (χ1) is 9.65. The Kier molecular flexibility index (Phi) is 4.60. The van der Waals surface area contributed by atoms with Crippen molar-refractivity contribution >= 4 is 11.9 Å². The van der Waals surface area contributed by atoms with Gasteiger partial charge in [-0.05, 0) is 24.3 Å². The van der Waals surface area contributed by atoms with Crippen LogP contribution in [0.3, 0.4) is 0 Å². The number of amides is 1. The highest BCUT2D eigenvalue weighted by Gasteiger charge is 2.17. The molecule has 0 saturated carbocycles. The van der Waals surface area contributed by atoms with Crippen molar-refractivity contribution in [2.24, 2.45) is 0 Å². The molecule has 2 aromatic heterocycles. The SMILES string of the molecule is O=C(O)CCC(=O)N(Cc1ccco1)Cc1ccco1.